The summed E-state index contributed by atoms with van der Waals surface area (Å²) >= 11 is 0. The van der Waals surface area contributed by atoms with Crippen LogP contribution in [0.2, 0.25) is 0 Å². The minimum absolute atomic E-state index is 0.0251. The van der Waals surface area contributed by atoms with Crippen molar-refractivity contribution in [1.82, 2.24) is 0 Å². The molecule has 0 aliphatic heterocycles. The highest BCUT2D eigenvalue weighted by molar-refractivity contribution is 5.59. The number of hydrogen-bond donors (Lipinski definition) is 2. The molecule has 0 fully saturated rings. The Morgan fingerprint density at radius 2 is 2.10 bits per heavy atom. The topological polar surface area (TPSA) is 75.4 Å². The number of nitro benzene ring substituents is 1. The Morgan fingerprint density at radius 1 is 1.35 bits per heavy atom. The lowest BCUT2D eigenvalue weighted by Gasteiger charge is -2.10. The normalized spacial score (nSPS) is 10.3. The van der Waals surface area contributed by atoms with Gasteiger partial charge in [0.05, 0.1) is 4.92 Å². The monoisotopic (exact) mass is 276 g/mol. The maximum absolute atomic E-state index is 13.1. The first-order valence-corrected chi connectivity index (χ1v) is 5.93. The van der Waals surface area contributed by atoms with E-state index in [2.05, 4.69) is 5.32 Å². The number of anilines is 1. The molecule has 2 rings (SSSR count). The third-order valence-corrected chi connectivity index (χ3v) is 2.93. The molecule has 0 saturated heterocycles. The van der Waals surface area contributed by atoms with Crippen molar-refractivity contribution in [2.45, 2.75) is 13.5 Å². The molecule has 0 radical (unpaired) electrons. The van der Waals surface area contributed by atoms with Crippen LogP contribution in [0.5, 0.6) is 5.75 Å². The number of aromatic hydroxyl groups is 1. The maximum atomic E-state index is 13.1. The van der Waals surface area contributed by atoms with Crippen LogP contribution in [-0.2, 0) is 6.54 Å². The number of halogens is 1. The predicted molar refractivity (Wildman–Crippen MR) is 73.2 cm³/mol. The molecule has 0 aliphatic rings. The Bertz CT molecular complexity index is 639. The van der Waals surface area contributed by atoms with Gasteiger partial charge in [-0.05, 0) is 30.7 Å². The van der Waals surface area contributed by atoms with Crippen LogP contribution in [0, 0.1) is 22.9 Å². The highest BCUT2D eigenvalue weighted by Crippen LogP contribution is 2.25. The van der Waals surface area contributed by atoms with Gasteiger partial charge in [-0.3, -0.25) is 10.1 Å². The van der Waals surface area contributed by atoms with E-state index in [0.717, 1.165) is 6.07 Å². The first kappa shape index (κ1) is 13.8. The van der Waals surface area contributed by atoms with Crippen LogP contribution in [0.3, 0.4) is 0 Å². The minimum Gasteiger partial charge on any atom is -0.508 e. The van der Waals surface area contributed by atoms with E-state index in [-0.39, 0.29) is 18.0 Å². The standard InChI is InChI=1S/C14H13FN2O3/c1-9-13(3-2-4-14(9)17(19)20)16-8-10-5-11(15)7-12(18)6-10/h2-7,16,18H,8H2,1H3. The van der Waals surface area contributed by atoms with Crippen molar-refractivity contribution in [3.63, 3.8) is 0 Å². The molecule has 6 heteroatoms. The second kappa shape index (κ2) is 5.56. The zero-order chi connectivity index (χ0) is 14.7. The molecule has 5 nitrogen and oxygen atoms in total. The molecule has 0 heterocycles. The lowest BCUT2D eigenvalue weighted by molar-refractivity contribution is -0.385. The van der Waals surface area contributed by atoms with Crippen LogP contribution in [0.15, 0.2) is 36.4 Å². The summed E-state index contributed by atoms with van der Waals surface area (Å²) in [5.74, 6) is -0.685. The van der Waals surface area contributed by atoms with Crippen LogP contribution >= 0.6 is 0 Å². The van der Waals surface area contributed by atoms with Crippen molar-refractivity contribution < 1.29 is 14.4 Å². The number of nitro groups is 1. The molecule has 0 aromatic heterocycles. The Balaban J connectivity index is 2.19. The molecule has 0 aliphatic carbocycles. The van der Waals surface area contributed by atoms with E-state index in [1.54, 1.807) is 19.1 Å². The number of rotatable bonds is 4. The molecule has 0 saturated carbocycles. The van der Waals surface area contributed by atoms with Gasteiger partial charge in [-0.2, -0.15) is 0 Å². The van der Waals surface area contributed by atoms with Gasteiger partial charge in [-0.25, -0.2) is 4.39 Å². The van der Waals surface area contributed by atoms with E-state index in [1.165, 1.54) is 18.2 Å². The first-order valence-electron chi connectivity index (χ1n) is 5.93. The van der Waals surface area contributed by atoms with Crippen molar-refractivity contribution in [2.75, 3.05) is 5.32 Å². The molecule has 0 amide bonds. The molecule has 0 atom stereocenters. The first-order chi connectivity index (χ1) is 9.47. The van der Waals surface area contributed by atoms with E-state index in [9.17, 15) is 19.6 Å². The summed E-state index contributed by atoms with van der Waals surface area (Å²) in [4.78, 5) is 10.4. The Kier molecular flexibility index (Phi) is 3.84. The van der Waals surface area contributed by atoms with Gasteiger partial charge in [0.25, 0.3) is 5.69 Å². The van der Waals surface area contributed by atoms with Gasteiger partial charge in [-0.15, -0.1) is 0 Å². The lowest BCUT2D eigenvalue weighted by Crippen LogP contribution is -2.03. The van der Waals surface area contributed by atoms with E-state index >= 15 is 0 Å². The molecular formula is C14H13FN2O3. The lowest BCUT2D eigenvalue weighted by atomic mass is 10.1. The van der Waals surface area contributed by atoms with Crippen molar-refractivity contribution in [3.05, 3.63) is 63.5 Å². The summed E-state index contributed by atoms with van der Waals surface area (Å²) < 4.78 is 13.1. The molecule has 2 N–H and O–H groups in total. The second-order valence-electron chi connectivity index (χ2n) is 4.38. The second-order valence-corrected chi connectivity index (χ2v) is 4.38. The molecule has 2 aromatic rings. The van der Waals surface area contributed by atoms with Crippen molar-refractivity contribution in [2.24, 2.45) is 0 Å². The van der Waals surface area contributed by atoms with E-state index < -0.39 is 10.7 Å². The largest absolute Gasteiger partial charge is 0.508 e. The van der Waals surface area contributed by atoms with Crippen molar-refractivity contribution >= 4 is 11.4 Å². The highest BCUT2D eigenvalue weighted by atomic mass is 19.1. The fourth-order valence-corrected chi connectivity index (χ4v) is 1.95. The van der Waals surface area contributed by atoms with Gasteiger partial charge in [0.2, 0.25) is 0 Å². The molecule has 0 bridgehead atoms. The molecule has 0 unspecified atom stereocenters. The number of phenols is 1. The smallest absolute Gasteiger partial charge is 0.274 e. The van der Waals surface area contributed by atoms with Crippen LogP contribution in [-0.4, -0.2) is 10.0 Å². The molecular weight excluding hydrogens is 263 g/mol. The van der Waals surface area contributed by atoms with Crippen LogP contribution < -0.4 is 5.32 Å². The third kappa shape index (κ3) is 3.03. The van der Waals surface area contributed by atoms with Crippen molar-refractivity contribution in [1.29, 1.82) is 0 Å². The summed E-state index contributed by atoms with van der Waals surface area (Å²) in [7, 11) is 0. The number of hydrogen-bond acceptors (Lipinski definition) is 4. The molecule has 0 spiro atoms. The average molecular weight is 276 g/mol. The Hall–Kier alpha value is -2.63. The van der Waals surface area contributed by atoms with Gasteiger partial charge in [-0.1, -0.05) is 6.07 Å². The summed E-state index contributed by atoms with van der Waals surface area (Å²) in [6.07, 6.45) is 0. The number of nitrogens with one attached hydrogen (secondary N) is 1. The maximum Gasteiger partial charge on any atom is 0.274 e. The number of phenolic OH excluding ortho intramolecular Hbond substituents is 1. The van der Waals surface area contributed by atoms with Gasteiger partial charge in [0, 0.05) is 29.9 Å². The van der Waals surface area contributed by atoms with Gasteiger partial charge < -0.3 is 10.4 Å². The number of benzene rings is 2. The van der Waals surface area contributed by atoms with E-state index in [4.69, 9.17) is 0 Å². The van der Waals surface area contributed by atoms with Crippen LogP contribution in [0.4, 0.5) is 15.8 Å². The Labute approximate surface area is 114 Å². The quantitative estimate of drug-likeness (QED) is 0.663. The summed E-state index contributed by atoms with van der Waals surface area (Å²) in [5.41, 5.74) is 1.69. The summed E-state index contributed by atoms with van der Waals surface area (Å²) in [5, 5.41) is 23.1. The molecule has 2 aromatic carbocycles. The van der Waals surface area contributed by atoms with Crippen LogP contribution in [0.25, 0.3) is 0 Å². The fraction of sp³-hybridized carbons (Fsp3) is 0.143. The molecule has 104 valence electrons. The summed E-state index contributed by atoms with van der Waals surface area (Å²) in [6.45, 7) is 1.90. The van der Waals surface area contributed by atoms with E-state index in [0.29, 0.717) is 16.8 Å². The predicted octanol–water partition coefficient (Wildman–Crippen LogP) is 3.36. The average Bonchev–Trinajstić information content (AvgIpc) is 2.36. The SMILES string of the molecule is Cc1c(NCc2cc(O)cc(F)c2)cccc1[N+](=O)[O-]. The Morgan fingerprint density at radius 3 is 2.75 bits per heavy atom. The summed E-state index contributed by atoms with van der Waals surface area (Å²) in [6, 6.07) is 8.46. The number of nitrogens with zero attached hydrogens (tertiary/aromatic N) is 1. The van der Waals surface area contributed by atoms with Crippen LogP contribution in [0.1, 0.15) is 11.1 Å². The van der Waals surface area contributed by atoms with Gasteiger partial charge in [0.1, 0.15) is 11.6 Å². The fourth-order valence-electron chi connectivity index (χ4n) is 1.95. The highest BCUT2D eigenvalue weighted by Gasteiger charge is 2.12. The van der Waals surface area contributed by atoms with Gasteiger partial charge in [0.15, 0.2) is 0 Å². The third-order valence-electron chi connectivity index (χ3n) is 2.93. The minimum atomic E-state index is -0.530. The molecule has 20 heavy (non-hydrogen) atoms. The zero-order valence-corrected chi connectivity index (χ0v) is 10.8. The zero-order valence-electron chi connectivity index (χ0n) is 10.8. The van der Waals surface area contributed by atoms with E-state index in [1.807, 2.05) is 0 Å². The van der Waals surface area contributed by atoms with Gasteiger partial charge >= 0.3 is 0 Å². The van der Waals surface area contributed by atoms with Crippen molar-refractivity contribution in [3.8, 4) is 5.75 Å².